The summed E-state index contributed by atoms with van der Waals surface area (Å²) < 4.78 is 10.6. The summed E-state index contributed by atoms with van der Waals surface area (Å²) in [4.78, 5) is 12.8. The molecule has 0 bridgehead atoms. The standard InChI is InChI=1S/C22H22O3/c1-24-20-13-17(14-21(15-20)25-2)12-19-10-6-9-18(22(19)23)11-16-7-4-3-5-8-16/h3-5,7-8,11-15H,6,9-10H2,1-2H3. The van der Waals surface area contributed by atoms with Crippen molar-refractivity contribution in [2.45, 2.75) is 19.3 Å². The van der Waals surface area contributed by atoms with Crippen molar-refractivity contribution in [1.82, 2.24) is 0 Å². The fourth-order valence-electron chi connectivity index (χ4n) is 3.04. The van der Waals surface area contributed by atoms with Crippen LogP contribution in [0.2, 0.25) is 0 Å². The van der Waals surface area contributed by atoms with Gasteiger partial charge in [-0.15, -0.1) is 0 Å². The molecule has 1 aliphatic carbocycles. The van der Waals surface area contributed by atoms with Gasteiger partial charge < -0.3 is 9.47 Å². The van der Waals surface area contributed by atoms with E-state index < -0.39 is 0 Å². The fourth-order valence-corrected chi connectivity index (χ4v) is 3.04. The van der Waals surface area contributed by atoms with Gasteiger partial charge >= 0.3 is 0 Å². The molecule has 0 saturated heterocycles. The van der Waals surface area contributed by atoms with Gasteiger partial charge in [0.15, 0.2) is 5.78 Å². The number of hydrogen-bond acceptors (Lipinski definition) is 3. The fraction of sp³-hybridized carbons (Fsp3) is 0.227. The first-order chi connectivity index (χ1) is 12.2. The Bertz CT molecular complexity index is 794. The molecule has 1 fully saturated rings. The van der Waals surface area contributed by atoms with Crippen LogP contribution in [0.5, 0.6) is 11.5 Å². The second-order valence-corrected chi connectivity index (χ2v) is 6.08. The molecule has 0 amide bonds. The quantitative estimate of drug-likeness (QED) is 0.744. The molecule has 0 radical (unpaired) electrons. The van der Waals surface area contributed by atoms with Crippen LogP contribution >= 0.6 is 0 Å². The Morgan fingerprint density at radius 1 is 0.800 bits per heavy atom. The lowest BCUT2D eigenvalue weighted by Gasteiger charge is -2.17. The average Bonchev–Trinajstić information content (AvgIpc) is 2.65. The lowest BCUT2D eigenvalue weighted by Crippen LogP contribution is -2.12. The molecule has 0 heterocycles. The third-order valence-electron chi connectivity index (χ3n) is 4.33. The van der Waals surface area contributed by atoms with Gasteiger partial charge in [0.2, 0.25) is 0 Å². The molecule has 0 unspecified atom stereocenters. The molecule has 1 saturated carbocycles. The Balaban J connectivity index is 1.91. The average molecular weight is 334 g/mol. The first kappa shape index (κ1) is 17.0. The van der Waals surface area contributed by atoms with Gasteiger partial charge in [-0.3, -0.25) is 4.79 Å². The maximum Gasteiger partial charge on any atom is 0.185 e. The molecular weight excluding hydrogens is 312 g/mol. The molecule has 3 heteroatoms. The molecule has 0 N–H and O–H groups in total. The van der Waals surface area contributed by atoms with Crippen LogP contribution in [-0.2, 0) is 4.79 Å². The minimum atomic E-state index is 0.136. The summed E-state index contributed by atoms with van der Waals surface area (Å²) >= 11 is 0. The summed E-state index contributed by atoms with van der Waals surface area (Å²) in [5.41, 5.74) is 3.69. The highest BCUT2D eigenvalue weighted by atomic mass is 16.5. The maximum atomic E-state index is 12.8. The van der Waals surface area contributed by atoms with Crippen molar-refractivity contribution in [2.24, 2.45) is 0 Å². The normalized spacial score (nSPS) is 17.8. The molecule has 2 aromatic rings. The summed E-state index contributed by atoms with van der Waals surface area (Å²) in [6.45, 7) is 0. The number of hydrogen-bond donors (Lipinski definition) is 0. The SMILES string of the molecule is COc1cc(C=C2CCCC(=Cc3ccccc3)C2=O)cc(OC)c1. The Hall–Kier alpha value is -2.81. The van der Waals surface area contributed by atoms with Gasteiger partial charge in [-0.05, 0) is 54.7 Å². The van der Waals surface area contributed by atoms with Crippen LogP contribution in [0.3, 0.4) is 0 Å². The number of ether oxygens (including phenoxy) is 2. The Morgan fingerprint density at radius 2 is 1.36 bits per heavy atom. The largest absolute Gasteiger partial charge is 0.497 e. The zero-order chi connectivity index (χ0) is 17.6. The molecule has 3 nitrogen and oxygen atoms in total. The molecule has 1 aliphatic rings. The van der Waals surface area contributed by atoms with Gasteiger partial charge in [0.1, 0.15) is 11.5 Å². The van der Waals surface area contributed by atoms with Crippen molar-refractivity contribution in [3.8, 4) is 11.5 Å². The lowest BCUT2D eigenvalue weighted by atomic mass is 9.87. The molecule has 0 aromatic heterocycles. The van der Waals surface area contributed by atoms with E-state index in [1.165, 1.54) is 0 Å². The van der Waals surface area contributed by atoms with E-state index in [1.807, 2.05) is 60.7 Å². The van der Waals surface area contributed by atoms with Crippen molar-refractivity contribution in [3.05, 3.63) is 70.8 Å². The van der Waals surface area contributed by atoms with E-state index in [9.17, 15) is 4.79 Å². The third kappa shape index (κ3) is 4.18. The second-order valence-electron chi connectivity index (χ2n) is 6.08. The number of Topliss-reactive ketones (excluding diaryl/α,β-unsaturated/α-hetero) is 1. The smallest absolute Gasteiger partial charge is 0.185 e. The first-order valence-corrected chi connectivity index (χ1v) is 8.43. The van der Waals surface area contributed by atoms with Crippen LogP contribution in [-0.4, -0.2) is 20.0 Å². The highest BCUT2D eigenvalue weighted by molar-refractivity contribution is 6.14. The number of benzene rings is 2. The van der Waals surface area contributed by atoms with Crippen molar-refractivity contribution < 1.29 is 14.3 Å². The van der Waals surface area contributed by atoms with Crippen molar-refractivity contribution >= 4 is 17.9 Å². The number of methoxy groups -OCH3 is 2. The highest BCUT2D eigenvalue weighted by Gasteiger charge is 2.20. The number of carbonyl (C=O) groups is 1. The minimum absolute atomic E-state index is 0.136. The van der Waals surface area contributed by atoms with Gasteiger partial charge in [-0.2, -0.15) is 0 Å². The maximum absolute atomic E-state index is 12.8. The molecule has 0 atom stereocenters. The van der Waals surface area contributed by atoms with Crippen LogP contribution < -0.4 is 9.47 Å². The molecule has 0 spiro atoms. The summed E-state index contributed by atoms with van der Waals surface area (Å²) in [5.74, 6) is 1.57. The monoisotopic (exact) mass is 334 g/mol. The first-order valence-electron chi connectivity index (χ1n) is 8.43. The lowest BCUT2D eigenvalue weighted by molar-refractivity contribution is -0.112. The molecule has 3 rings (SSSR count). The molecule has 128 valence electrons. The van der Waals surface area contributed by atoms with Crippen LogP contribution in [0.25, 0.3) is 12.2 Å². The van der Waals surface area contributed by atoms with Crippen molar-refractivity contribution in [1.29, 1.82) is 0 Å². The van der Waals surface area contributed by atoms with Crippen LogP contribution in [0, 0.1) is 0 Å². The zero-order valence-electron chi connectivity index (χ0n) is 14.6. The summed E-state index contributed by atoms with van der Waals surface area (Å²) in [5, 5.41) is 0. The topological polar surface area (TPSA) is 35.5 Å². The zero-order valence-corrected chi connectivity index (χ0v) is 14.6. The number of carbonyl (C=O) groups excluding carboxylic acids is 1. The molecular formula is C22H22O3. The summed E-state index contributed by atoms with van der Waals surface area (Å²) in [6.07, 6.45) is 6.56. The van der Waals surface area contributed by atoms with E-state index in [0.29, 0.717) is 0 Å². The van der Waals surface area contributed by atoms with Crippen molar-refractivity contribution in [3.63, 3.8) is 0 Å². The van der Waals surface area contributed by atoms with E-state index in [1.54, 1.807) is 14.2 Å². The Labute approximate surface area is 148 Å². The van der Waals surface area contributed by atoms with Crippen LogP contribution in [0.4, 0.5) is 0 Å². The van der Waals surface area contributed by atoms with E-state index in [0.717, 1.165) is 53.0 Å². The van der Waals surface area contributed by atoms with E-state index in [2.05, 4.69) is 0 Å². The van der Waals surface area contributed by atoms with E-state index in [-0.39, 0.29) is 5.78 Å². The predicted molar refractivity (Wildman–Crippen MR) is 101 cm³/mol. The summed E-state index contributed by atoms with van der Waals surface area (Å²) in [6, 6.07) is 15.6. The molecule has 2 aromatic carbocycles. The molecule has 0 aliphatic heterocycles. The van der Waals surface area contributed by atoms with Gasteiger partial charge in [0.25, 0.3) is 0 Å². The minimum Gasteiger partial charge on any atom is -0.497 e. The number of ketones is 1. The molecule has 25 heavy (non-hydrogen) atoms. The van der Waals surface area contributed by atoms with Gasteiger partial charge in [0.05, 0.1) is 14.2 Å². The van der Waals surface area contributed by atoms with Crippen molar-refractivity contribution in [2.75, 3.05) is 14.2 Å². The van der Waals surface area contributed by atoms with Gasteiger partial charge in [-0.25, -0.2) is 0 Å². The summed E-state index contributed by atoms with van der Waals surface area (Å²) in [7, 11) is 3.25. The number of rotatable bonds is 4. The van der Waals surface area contributed by atoms with E-state index in [4.69, 9.17) is 9.47 Å². The Morgan fingerprint density at radius 3 is 1.92 bits per heavy atom. The number of allylic oxidation sites excluding steroid dienone is 2. The third-order valence-corrected chi connectivity index (χ3v) is 4.33. The Kier molecular flexibility index (Phi) is 5.34. The van der Waals surface area contributed by atoms with Gasteiger partial charge in [-0.1, -0.05) is 30.3 Å². The van der Waals surface area contributed by atoms with Gasteiger partial charge in [0, 0.05) is 17.2 Å². The predicted octanol–water partition coefficient (Wildman–Crippen LogP) is 4.92. The second kappa shape index (κ2) is 7.84. The van der Waals surface area contributed by atoms with E-state index >= 15 is 0 Å². The highest BCUT2D eigenvalue weighted by Crippen LogP contribution is 2.30. The van der Waals surface area contributed by atoms with Crippen LogP contribution in [0.1, 0.15) is 30.4 Å². The van der Waals surface area contributed by atoms with Crippen LogP contribution in [0.15, 0.2) is 59.7 Å².